The Morgan fingerprint density at radius 3 is 2.47 bits per heavy atom. The van der Waals surface area contributed by atoms with Crippen LogP contribution in [0.25, 0.3) is 22.3 Å². The summed E-state index contributed by atoms with van der Waals surface area (Å²) in [5, 5.41) is 8.81. The summed E-state index contributed by atoms with van der Waals surface area (Å²) in [6.07, 6.45) is 1.04. The molecule has 0 bridgehead atoms. The molecule has 12 heteroatoms. The molecule has 3 N–H and O–H groups in total. The number of nitrogens with one attached hydrogen (secondary N) is 3. The molecule has 3 aromatic carbocycles. The SMILES string of the molecule is COc1cc(-c2cccc(-c3cccc(NC(=O)C4CN(C)C(=O)N(C)C4=O)c3C)c2F)cc(F)c1CN[C@H]1CCC(=O)NC1. The van der Waals surface area contributed by atoms with Crippen LogP contribution in [0.2, 0.25) is 0 Å². The molecule has 2 atom stereocenters. The van der Waals surface area contributed by atoms with E-state index in [2.05, 4.69) is 16.0 Å². The summed E-state index contributed by atoms with van der Waals surface area (Å²) in [5.41, 5.74) is 2.44. The Morgan fingerprint density at radius 1 is 1.04 bits per heavy atom. The molecule has 45 heavy (non-hydrogen) atoms. The number of carbonyl (C=O) groups is 4. The van der Waals surface area contributed by atoms with E-state index >= 15 is 8.78 Å². The minimum Gasteiger partial charge on any atom is -0.496 e. The van der Waals surface area contributed by atoms with Crippen molar-refractivity contribution in [2.24, 2.45) is 5.92 Å². The van der Waals surface area contributed by atoms with E-state index in [1.54, 1.807) is 49.4 Å². The van der Waals surface area contributed by atoms with Crippen LogP contribution < -0.4 is 20.7 Å². The number of benzene rings is 3. The second-order valence-electron chi connectivity index (χ2n) is 11.3. The highest BCUT2D eigenvalue weighted by Crippen LogP contribution is 2.37. The van der Waals surface area contributed by atoms with Crippen LogP contribution in [0, 0.1) is 24.5 Å². The number of amides is 5. The van der Waals surface area contributed by atoms with Crippen LogP contribution in [0.15, 0.2) is 48.5 Å². The van der Waals surface area contributed by atoms with E-state index in [0.717, 1.165) is 4.90 Å². The Bertz CT molecular complexity index is 1670. The fraction of sp³-hybridized carbons (Fsp3) is 0.333. The summed E-state index contributed by atoms with van der Waals surface area (Å²) in [4.78, 5) is 51.5. The number of halogens is 2. The van der Waals surface area contributed by atoms with Crippen molar-refractivity contribution in [3.05, 3.63) is 71.3 Å². The van der Waals surface area contributed by atoms with Gasteiger partial charge in [-0.3, -0.25) is 19.3 Å². The first kappa shape index (κ1) is 31.6. The second-order valence-corrected chi connectivity index (χ2v) is 11.3. The van der Waals surface area contributed by atoms with E-state index in [1.165, 1.54) is 32.2 Å². The van der Waals surface area contributed by atoms with Crippen molar-refractivity contribution in [1.82, 2.24) is 20.4 Å². The first-order valence-electron chi connectivity index (χ1n) is 14.6. The van der Waals surface area contributed by atoms with Crippen LogP contribution in [-0.2, 0) is 20.9 Å². The zero-order chi connectivity index (χ0) is 32.4. The maximum Gasteiger partial charge on any atom is 0.326 e. The van der Waals surface area contributed by atoms with Gasteiger partial charge in [-0.1, -0.05) is 30.3 Å². The van der Waals surface area contributed by atoms with Gasteiger partial charge in [0.25, 0.3) is 0 Å². The highest BCUT2D eigenvalue weighted by atomic mass is 19.1. The number of hydrogen-bond acceptors (Lipinski definition) is 6. The molecule has 0 aromatic heterocycles. The summed E-state index contributed by atoms with van der Waals surface area (Å²) in [5.74, 6) is -3.16. The van der Waals surface area contributed by atoms with E-state index in [0.29, 0.717) is 41.8 Å². The molecule has 5 amide bonds. The van der Waals surface area contributed by atoms with Gasteiger partial charge in [0.15, 0.2) is 0 Å². The van der Waals surface area contributed by atoms with Gasteiger partial charge < -0.3 is 25.6 Å². The first-order valence-corrected chi connectivity index (χ1v) is 14.6. The highest BCUT2D eigenvalue weighted by Gasteiger charge is 2.39. The van der Waals surface area contributed by atoms with Crippen molar-refractivity contribution in [1.29, 1.82) is 0 Å². The number of urea groups is 1. The summed E-state index contributed by atoms with van der Waals surface area (Å²) < 4.78 is 37.1. The van der Waals surface area contributed by atoms with Gasteiger partial charge in [-0.25, -0.2) is 13.6 Å². The topological polar surface area (TPSA) is 120 Å². The number of carbonyl (C=O) groups excluding carboxylic acids is 4. The predicted molar refractivity (Wildman–Crippen MR) is 164 cm³/mol. The van der Waals surface area contributed by atoms with E-state index in [1.807, 2.05) is 0 Å². The van der Waals surface area contributed by atoms with Crippen LogP contribution in [0.3, 0.4) is 0 Å². The molecule has 0 radical (unpaired) electrons. The van der Waals surface area contributed by atoms with Gasteiger partial charge in [0.2, 0.25) is 17.7 Å². The van der Waals surface area contributed by atoms with Crippen LogP contribution in [0.5, 0.6) is 5.75 Å². The largest absolute Gasteiger partial charge is 0.496 e. The maximum absolute atomic E-state index is 16.2. The Morgan fingerprint density at radius 2 is 1.76 bits per heavy atom. The third-order valence-corrected chi connectivity index (χ3v) is 8.41. The lowest BCUT2D eigenvalue weighted by atomic mass is 9.93. The van der Waals surface area contributed by atoms with E-state index in [-0.39, 0.29) is 47.5 Å². The van der Waals surface area contributed by atoms with Crippen molar-refractivity contribution >= 4 is 29.4 Å². The molecular weight excluding hydrogens is 584 g/mol. The lowest BCUT2D eigenvalue weighted by Gasteiger charge is -2.33. The number of methoxy groups -OCH3 is 1. The summed E-state index contributed by atoms with van der Waals surface area (Å²) in [6.45, 7) is 2.30. The third-order valence-electron chi connectivity index (χ3n) is 8.41. The standard InChI is InChI=1S/C33H35F2N5O5/c1-18-21(7-6-10-27(18)38-31(42)25-17-39(2)33(44)40(3)32(25)43)23-9-5-8-22(30(23)35)19-13-26(34)24(28(14-19)45-4)16-36-20-11-12-29(41)37-15-20/h5-10,13-14,20,25,36H,11-12,15-17H2,1-4H3,(H,37,41)(H,38,42)/t20-,25?/m0/s1. The van der Waals surface area contributed by atoms with Gasteiger partial charge in [0.1, 0.15) is 23.3 Å². The molecule has 0 spiro atoms. The number of rotatable bonds is 8. The van der Waals surface area contributed by atoms with Crippen LogP contribution in [0.1, 0.15) is 24.0 Å². The van der Waals surface area contributed by atoms with Crippen molar-refractivity contribution in [3.63, 3.8) is 0 Å². The second kappa shape index (κ2) is 13.0. The Balaban J connectivity index is 1.40. The zero-order valence-electron chi connectivity index (χ0n) is 25.5. The molecule has 0 aliphatic carbocycles. The highest BCUT2D eigenvalue weighted by molar-refractivity contribution is 6.12. The number of ether oxygens (including phenoxy) is 1. The average molecular weight is 620 g/mol. The van der Waals surface area contributed by atoms with Gasteiger partial charge in [-0.05, 0) is 48.2 Å². The van der Waals surface area contributed by atoms with Crippen molar-refractivity contribution in [2.75, 3.05) is 39.6 Å². The predicted octanol–water partition coefficient (Wildman–Crippen LogP) is 4.06. The van der Waals surface area contributed by atoms with Gasteiger partial charge in [-0.15, -0.1) is 0 Å². The molecule has 236 valence electrons. The van der Waals surface area contributed by atoms with Gasteiger partial charge in [0, 0.05) is 68.6 Å². The molecule has 10 nitrogen and oxygen atoms in total. The molecular formula is C33H35F2N5O5. The number of anilines is 1. The molecule has 2 aliphatic heterocycles. The van der Waals surface area contributed by atoms with Crippen molar-refractivity contribution in [3.8, 4) is 28.0 Å². The number of imide groups is 1. The van der Waals surface area contributed by atoms with E-state index < -0.39 is 35.4 Å². The fourth-order valence-electron chi connectivity index (χ4n) is 5.73. The molecule has 2 saturated heterocycles. The third kappa shape index (κ3) is 6.37. The van der Waals surface area contributed by atoms with Gasteiger partial charge in [0.05, 0.1) is 7.11 Å². The Labute approximate surface area is 259 Å². The summed E-state index contributed by atoms with van der Waals surface area (Å²) >= 11 is 0. The van der Waals surface area contributed by atoms with E-state index in [9.17, 15) is 19.2 Å². The lowest BCUT2D eigenvalue weighted by molar-refractivity contribution is -0.140. The van der Waals surface area contributed by atoms with Crippen LogP contribution in [0.4, 0.5) is 19.3 Å². The van der Waals surface area contributed by atoms with Crippen LogP contribution in [-0.4, -0.2) is 73.9 Å². The molecule has 5 rings (SSSR count). The molecule has 3 aromatic rings. The summed E-state index contributed by atoms with van der Waals surface area (Å²) in [7, 11) is 4.26. The quantitative estimate of drug-likeness (QED) is 0.327. The Kier molecular flexibility index (Phi) is 9.14. The average Bonchev–Trinajstić information content (AvgIpc) is 3.03. The van der Waals surface area contributed by atoms with Gasteiger partial charge in [-0.2, -0.15) is 0 Å². The van der Waals surface area contributed by atoms with Crippen molar-refractivity contribution in [2.45, 2.75) is 32.4 Å². The fourth-order valence-corrected chi connectivity index (χ4v) is 5.73. The smallest absolute Gasteiger partial charge is 0.326 e. The molecule has 0 saturated carbocycles. The summed E-state index contributed by atoms with van der Waals surface area (Å²) in [6, 6.07) is 12.2. The van der Waals surface area contributed by atoms with Gasteiger partial charge >= 0.3 is 6.03 Å². The molecule has 2 fully saturated rings. The zero-order valence-corrected chi connectivity index (χ0v) is 25.5. The molecule has 1 unspecified atom stereocenters. The molecule has 2 heterocycles. The normalized spacial score (nSPS) is 18.6. The minimum absolute atomic E-state index is 0.000530. The number of hydrogen-bond donors (Lipinski definition) is 3. The Hall–Kier alpha value is -4.84. The maximum atomic E-state index is 16.2. The monoisotopic (exact) mass is 619 g/mol. The number of nitrogens with zero attached hydrogens (tertiary/aromatic N) is 2. The van der Waals surface area contributed by atoms with Crippen molar-refractivity contribution < 1.29 is 32.7 Å². The van der Waals surface area contributed by atoms with Crippen LogP contribution >= 0.6 is 0 Å². The molecule has 2 aliphatic rings. The van der Waals surface area contributed by atoms with E-state index in [4.69, 9.17) is 4.74 Å². The number of piperidine rings is 1. The minimum atomic E-state index is -1.09. The first-order chi connectivity index (χ1) is 21.5. The lowest BCUT2D eigenvalue weighted by Crippen LogP contribution is -2.56.